The van der Waals surface area contributed by atoms with Gasteiger partial charge in [-0.1, -0.05) is 41.9 Å². The number of nitrogens with two attached hydrogens (primary N) is 1. The number of aromatic nitrogens is 2. The maximum absolute atomic E-state index is 6.61. The lowest BCUT2D eigenvalue weighted by Gasteiger charge is -2.28. The Morgan fingerprint density at radius 1 is 0.964 bits per heavy atom. The minimum Gasteiger partial charge on any atom is -0.383 e. The van der Waals surface area contributed by atoms with Crippen molar-refractivity contribution < 1.29 is 9.80 Å². The van der Waals surface area contributed by atoms with Crippen LogP contribution in [-0.2, 0) is 6.54 Å². The number of nitrogens with one attached hydrogen (secondary N) is 2. The van der Waals surface area contributed by atoms with Gasteiger partial charge in [0, 0.05) is 5.02 Å². The second kappa shape index (κ2) is 8.35. The van der Waals surface area contributed by atoms with Gasteiger partial charge in [0.1, 0.15) is 44.2 Å². The Hall–Kier alpha value is -2.34. The first-order valence-electron chi connectivity index (χ1n) is 10.0. The molecule has 1 aliphatic heterocycles. The highest BCUT2D eigenvalue weighted by Crippen LogP contribution is 2.31. The second-order valence-electron chi connectivity index (χ2n) is 7.49. The van der Waals surface area contributed by atoms with Gasteiger partial charge in [-0.25, -0.2) is 4.68 Å². The number of nitrogens with zero attached hydrogens (tertiary/aromatic N) is 2. The first kappa shape index (κ1) is 19.0. The minimum absolute atomic E-state index is 0.681. The van der Waals surface area contributed by atoms with Crippen molar-refractivity contribution in [2.24, 2.45) is 0 Å². The molecule has 3 aromatic rings. The van der Waals surface area contributed by atoms with Gasteiger partial charge in [-0.15, -0.1) is 0 Å². The van der Waals surface area contributed by atoms with Crippen molar-refractivity contribution >= 4 is 17.4 Å². The smallest absolute Gasteiger partial charge is 0.135 e. The van der Waals surface area contributed by atoms with E-state index in [0.717, 1.165) is 29.1 Å². The van der Waals surface area contributed by atoms with Crippen molar-refractivity contribution in [3.05, 3.63) is 65.3 Å². The van der Waals surface area contributed by atoms with Gasteiger partial charge in [-0.2, -0.15) is 5.10 Å². The van der Waals surface area contributed by atoms with Crippen molar-refractivity contribution in [1.29, 1.82) is 0 Å². The third kappa shape index (κ3) is 3.92. The molecule has 6 heteroatoms. The molecule has 28 heavy (non-hydrogen) atoms. The van der Waals surface area contributed by atoms with Crippen LogP contribution in [0.3, 0.4) is 0 Å². The summed E-state index contributed by atoms with van der Waals surface area (Å²) in [6.45, 7) is 9.16. The van der Waals surface area contributed by atoms with Gasteiger partial charge in [0.15, 0.2) is 0 Å². The number of benzene rings is 2. The summed E-state index contributed by atoms with van der Waals surface area (Å²) in [5.74, 6) is 0.681. The molecule has 0 spiro atoms. The van der Waals surface area contributed by atoms with Crippen molar-refractivity contribution in [2.75, 3.05) is 38.5 Å². The molecule has 4 N–H and O–H groups in total. The third-order valence-corrected chi connectivity index (χ3v) is 5.96. The molecule has 0 saturated carbocycles. The summed E-state index contributed by atoms with van der Waals surface area (Å²) >= 11 is 6.06. The molecular formula is C22H28ClN5+2. The van der Waals surface area contributed by atoms with Crippen LogP contribution in [0.5, 0.6) is 0 Å². The lowest BCUT2D eigenvalue weighted by atomic mass is 10.0. The van der Waals surface area contributed by atoms with Gasteiger partial charge >= 0.3 is 0 Å². The summed E-state index contributed by atoms with van der Waals surface area (Å²) in [7, 11) is 0. The predicted molar refractivity (Wildman–Crippen MR) is 114 cm³/mol. The van der Waals surface area contributed by atoms with E-state index in [1.807, 2.05) is 35.0 Å². The quantitative estimate of drug-likeness (QED) is 0.603. The summed E-state index contributed by atoms with van der Waals surface area (Å²) in [5.41, 5.74) is 10.8. The zero-order chi connectivity index (χ0) is 19.5. The van der Waals surface area contributed by atoms with Gasteiger partial charge in [0.2, 0.25) is 0 Å². The number of hydrogen-bond acceptors (Lipinski definition) is 2. The van der Waals surface area contributed by atoms with Crippen molar-refractivity contribution in [2.45, 2.75) is 13.5 Å². The predicted octanol–water partition coefficient (Wildman–Crippen LogP) is 1.08. The van der Waals surface area contributed by atoms with Crippen LogP contribution >= 0.6 is 11.6 Å². The molecule has 0 aliphatic carbocycles. The Morgan fingerprint density at radius 3 is 2.25 bits per heavy atom. The summed E-state index contributed by atoms with van der Waals surface area (Å²) in [6, 6.07) is 18.0. The topological polar surface area (TPSA) is 52.7 Å². The number of rotatable bonds is 5. The number of likely N-dealkylation sites (N-methyl/N-ethyl adjacent to an activating group) is 1. The van der Waals surface area contributed by atoms with Crippen LogP contribution in [0.4, 0.5) is 5.82 Å². The van der Waals surface area contributed by atoms with Crippen molar-refractivity contribution in [1.82, 2.24) is 9.78 Å². The fourth-order valence-electron chi connectivity index (χ4n) is 4.02. The molecule has 1 saturated heterocycles. The zero-order valence-electron chi connectivity index (χ0n) is 16.3. The number of hydrogen-bond donors (Lipinski definition) is 3. The van der Waals surface area contributed by atoms with E-state index in [9.17, 15) is 0 Å². The van der Waals surface area contributed by atoms with Gasteiger partial charge in [-0.3, -0.25) is 0 Å². The van der Waals surface area contributed by atoms with Gasteiger partial charge in [-0.05, 0) is 36.8 Å². The van der Waals surface area contributed by atoms with E-state index in [0.29, 0.717) is 10.8 Å². The molecule has 0 atom stereocenters. The highest BCUT2D eigenvalue weighted by atomic mass is 35.5. The molecule has 0 bridgehead atoms. The number of anilines is 1. The van der Waals surface area contributed by atoms with Crippen LogP contribution in [-0.4, -0.2) is 42.5 Å². The Bertz CT molecular complexity index is 912. The van der Waals surface area contributed by atoms with Gasteiger partial charge in [0.25, 0.3) is 0 Å². The molecule has 2 heterocycles. The van der Waals surface area contributed by atoms with E-state index in [4.69, 9.17) is 22.4 Å². The van der Waals surface area contributed by atoms with E-state index in [2.05, 4.69) is 31.2 Å². The average Bonchev–Trinajstić information content (AvgIpc) is 3.05. The minimum atomic E-state index is 0.681. The highest BCUT2D eigenvalue weighted by molar-refractivity contribution is 6.30. The maximum Gasteiger partial charge on any atom is 0.135 e. The molecule has 1 aromatic heterocycles. The van der Waals surface area contributed by atoms with Crippen LogP contribution in [0, 0.1) is 0 Å². The van der Waals surface area contributed by atoms with Gasteiger partial charge in [0.05, 0.1) is 17.8 Å². The molecule has 0 amide bonds. The SMILES string of the molecule is CC[NH+]1CC[NH+](Cc2nn(-c3ccc(Cl)cc3)c(N)c2-c2ccccc2)CC1. The molecule has 0 radical (unpaired) electrons. The summed E-state index contributed by atoms with van der Waals surface area (Å²) in [5, 5.41) is 5.65. The van der Waals surface area contributed by atoms with Crippen LogP contribution in [0.25, 0.3) is 16.8 Å². The van der Waals surface area contributed by atoms with Crippen LogP contribution in [0.1, 0.15) is 12.6 Å². The van der Waals surface area contributed by atoms with Crippen molar-refractivity contribution in [3.8, 4) is 16.8 Å². The lowest BCUT2D eigenvalue weighted by molar-refractivity contribution is -1.02. The van der Waals surface area contributed by atoms with E-state index < -0.39 is 0 Å². The Morgan fingerprint density at radius 2 is 1.61 bits per heavy atom. The Kier molecular flexibility index (Phi) is 5.67. The summed E-state index contributed by atoms with van der Waals surface area (Å²) < 4.78 is 1.85. The summed E-state index contributed by atoms with van der Waals surface area (Å²) in [6.07, 6.45) is 0. The summed E-state index contributed by atoms with van der Waals surface area (Å²) in [4.78, 5) is 3.27. The normalized spacial score (nSPS) is 19.6. The number of nitrogen functional groups attached to an aromatic ring is 1. The van der Waals surface area contributed by atoms with Crippen LogP contribution < -0.4 is 15.5 Å². The van der Waals surface area contributed by atoms with E-state index in [1.54, 1.807) is 9.80 Å². The highest BCUT2D eigenvalue weighted by Gasteiger charge is 2.26. The molecule has 146 valence electrons. The second-order valence-corrected chi connectivity index (χ2v) is 7.93. The molecule has 1 fully saturated rings. The average molecular weight is 398 g/mol. The molecule has 4 rings (SSSR count). The molecule has 2 aromatic carbocycles. The first-order chi connectivity index (χ1) is 13.7. The van der Waals surface area contributed by atoms with E-state index >= 15 is 0 Å². The fourth-order valence-corrected chi connectivity index (χ4v) is 4.15. The molecule has 5 nitrogen and oxygen atoms in total. The van der Waals surface area contributed by atoms with Crippen LogP contribution in [0.2, 0.25) is 5.02 Å². The number of quaternary nitrogens is 2. The third-order valence-electron chi connectivity index (χ3n) is 5.71. The Labute approximate surface area is 171 Å². The standard InChI is InChI=1S/C22H26ClN5/c1-2-26-12-14-27(15-13-26)16-20-21(17-6-4-3-5-7-17)22(24)28(25-20)19-10-8-18(23)9-11-19/h3-11H,2,12-16,24H2,1H3/p+2. The lowest BCUT2D eigenvalue weighted by Crippen LogP contribution is -3.27. The largest absolute Gasteiger partial charge is 0.383 e. The van der Waals surface area contributed by atoms with E-state index in [1.165, 1.54) is 32.7 Å². The maximum atomic E-state index is 6.61. The molecule has 0 unspecified atom stereocenters. The molecular weight excluding hydrogens is 370 g/mol. The van der Waals surface area contributed by atoms with E-state index in [-0.39, 0.29) is 0 Å². The first-order valence-corrected chi connectivity index (χ1v) is 10.4. The van der Waals surface area contributed by atoms with Crippen LogP contribution in [0.15, 0.2) is 54.6 Å². The number of piperazine rings is 1. The monoisotopic (exact) mass is 397 g/mol. The van der Waals surface area contributed by atoms with Crippen molar-refractivity contribution in [3.63, 3.8) is 0 Å². The molecule has 1 aliphatic rings. The van der Waals surface area contributed by atoms with Gasteiger partial charge < -0.3 is 15.5 Å². The number of halogens is 1. The fraction of sp³-hybridized carbons (Fsp3) is 0.318. The Balaban J connectivity index is 1.70. The zero-order valence-corrected chi connectivity index (χ0v) is 17.0.